The second kappa shape index (κ2) is 10.3. The van der Waals surface area contributed by atoms with Gasteiger partial charge in [0.25, 0.3) is 5.56 Å². The number of aliphatic hydroxyl groups excluding tert-OH is 1. The number of nitrogens with zero attached hydrogens (tertiary/aromatic N) is 2. The summed E-state index contributed by atoms with van der Waals surface area (Å²) in [5.41, 5.74) is 1.49. The predicted octanol–water partition coefficient (Wildman–Crippen LogP) is 4.47. The van der Waals surface area contributed by atoms with E-state index in [-0.39, 0.29) is 24.8 Å². The third-order valence-electron chi connectivity index (χ3n) is 6.82. The number of carbonyl (C=O) groups is 1. The van der Waals surface area contributed by atoms with Crippen LogP contribution in [0.15, 0.2) is 77.7 Å². The third-order valence-corrected chi connectivity index (χ3v) is 6.82. The monoisotopic (exact) mass is 490 g/mol. The number of benzene rings is 2. The second-order valence-electron chi connectivity index (χ2n) is 10.1. The van der Waals surface area contributed by atoms with Crippen molar-refractivity contribution in [3.63, 3.8) is 0 Å². The Labute approximate surface area is 211 Å². The van der Waals surface area contributed by atoms with Gasteiger partial charge in [0, 0.05) is 38.2 Å². The summed E-state index contributed by atoms with van der Waals surface area (Å²) in [5, 5.41) is 19.6. The zero-order chi connectivity index (χ0) is 25.9. The molecule has 0 aliphatic carbocycles. The fraction of sp³-hybridized carbons (Fsp3) is 0.379. The molecular weight excluding hydrogens is 456 g/mol. The lowest BCUT2D eigenvalue weighted by molar-refractivity contribution is -0.101. The Balaban J connectivity index is 1.52. The van der Waals surface area contributed by atoms with Crippen LogP contribution in [0.1, 0.15) is 50.8 Å². The van der Waals surface area contributed by atoms with Crippen LogP contribution in [0.25, 0.3) is 11.1 Å². The summed E-state index contributed by atoms with van der Waals surface area (Å²) >= 11 is 0. The Morgan fingerprint density at radius 1 is 1.03 bits per heavy atom. The summed E-state index contributed by atoms with van der Waals surface area (Å²) in [6.45, 7) is 6.11. The number of rotatable bonds is 8. The van der Waals surface area contributed by atoms with E-state index in [1.165, 1.54) is 4.57 Å². The first-order valence-electron chi connectivity index (χ1n) is 12.3. The van der Waals surface area contributed by atoms with E-state index < -0.39 is 17.3 Å². The maximum absolute atomic E-state index is 13.3. The van der Waals surface area contributed by atoms with Gasteiger partial charge in [0.2, 0.25) is 0 Å². The van der Waals surface area contributed by atoms with Crippen molar-refractivity contribution >= 4 is 6.09 Å². The van der Waals surface area contributed by atoms with Crippen LogP contribution in [-0.4, -0.2) is 44.5 Å². The van der Waals surface area contributed by atoms with Gasteiger partial charge in [-0.3, -0.25) is 4.79 Å². The molecule has 1 unspecified atom stereocenters. The molecule has 7 nitrogen and oxygen atoms in total. The molecule has 2 N–H and O–H groups in total. The van der Waals surface area contributed by atoms with Gasteiger partial charge < -0.3 is 24.4 Å². The number of carbonyl (C=O) groups excluding carboxylic acids is 1. The molecule has 0 saturated carbocycles. The molecule has 1 fully saturated rings. The molecule has 0 bridgehead atoms. The normalized spacial score (nSPS) is 19.1. The highest BCUT2D eigenvalue weighted by molar-refractivity contribution is 5.70. The van der Waals surface area contributed by atoms with Gasteiger partial charge in [-0.15, -0.1) is 0 Å². The molecule has 0 radical (unpaired) electrons. The molecule has 1 saturated heterocycles. The molecule has 7 heteroatoms. The average Bonchev–Trinajstić information content (AvgIpc) is 2.85. The lowest BCUT2D eigenvalue weighted by Crippen LogP contribution is -2.51. The second-order valence-corrected chi connectivity index (χ2v) is 10.1. The minimum Gasteiger partial charge on any atom is -0.438 e. The number of aliphatic hydroxyl groups is 2. The van der Waals surface area contributed by atoms with Gasteiger partial charge in [-0.2, -0.15) is 0 Å². The molecule has 190 valence electrons. The van der Waals surface area contributed by atoms with Gasteiger partial charge in [0.15, 0.2) is 0 Å². The zero-order valence-electron chi connectivity index (χ0n) is 21.1. The Bertz CT molecular complexity index is 1250. The lowest BCUT2D eigenvalue weighted by Gasteiger charge is -2.45. The highest BCUT2D eigenvalue weighted by Gasteiger charge is 2.46. The van der Waals surface area contributed by atoms with E-state index in [0.29, 0.717) is 19.4 Å². The minimum absolute atomic E-state index is 0.0883. The van der Waals surface area contributed by atoms with Crippen molar-refractivity contribution < 1.29 is 19.7 Å². The van der Waals surface area contributed by atoms with Crippen LogP contribution in [0.2, 0.25) is 0 Å². The van der Waals surface area contributed by atoms with Crippen LogP contribution in [0.4, 0.5) is 4.79 Å². The van der Waals surface area contributed by atoms with Crippen LogP contribution < -0.4 is 5.56 Å². The quantitative estimate of drug-likeness (QED) is 0.486. The summed E-state index contributed by atoms with van der Waals surface area (Å²) in [6.07, 6.45) is 2.16. The van der Waals surface area contributed by atoms with E-state index in [9.17, 15) is 14.7 Å². The molecule has 1 amide bonds. The van der Waals surface area contributed by atoms with E-state index in [4.69, 9.17) is 9.84 Å². The molecule has 2 atom stereocenters. The molecule has 36 heavy (non-hydrogen) atoms. The smallest absolute Gasteiger partial charge is 0.411 e. The summed E-state index contributed by atoms with van der Waals surface area (Å²) in [6, 6.07) is 20.6. The van der Waals surface area contributed by atoms with Gasteiger partial charge in [-0.1, -0.05) is 54.6 Å². The number of pyridine rings is 1. The summed E-state index contributed by atoms with van der Waals surface area (Å²) in [4.78, 5) is 27.2. The molecule has 0 spiro atoms. The van der Waals surface area contributed by atoms with E-state index in [0.717, 1.165) is 22.3 Å². The van der Waals surface area contributed by atoms with Gasteiger partial charge in [0.1, 0.15) is 5.60 Å². The molecule has 1 aliphatic rings. The molecule has 2 heterocycles. The van der Waals surface area contributed by atoms with Gasteiger partial charge in [-0.05, 0) is 49.1 Å². The van der Waals surface area contributed by atoms with Gasteiger partial charge >= 0.3 is 6.09 Å². The largest absolute Gasteiger partial charge is 0.438 e. The lowest BCUT2D eigenvalue weighted by atomic mass is 9.80. The maximum atomic E-state index is 13.3. The van der Waals surface area contributed by atoms with E-state index in [1.807, 2.05) is 67.6 Å². The molecule has 3 aromatic rings. The molecular formula is C29H34N2O5. The van der Waals surface area contributed by atoms with Crippen molar-refractivity contribution in [2.24, 2.45) is 0 Å². The van der Waals surface area contributed by atoms with Crippen LogP contribution in [0, 0.1) is 0 Å². The number of hydrogen-bond donors (Lipinski definition) is 2. The first kappa shape index (κ1) is 25.7. The Hall–Kier alpha value is -3.42. The van der Waals surface area contributed by atoms with E-state index in [1.54, 1.807) is 31.0 Å². The van der Waals surface area contributed by atoms with Crippen molar-refractivity contribution in [1.82, 2.24) is 9.47 Å². The van der Waals surface area contributed by atoms with Gasteiger partial charge in [0.05, 0.1) is 18.2 Å². The summed E-state index contributed by atoms with van der Waals surface area (Å²) < 4.78 is 7.57. The van der Waals surface area contributed by atoms with E-state index >= 15 is 0 Å². The molecule has 1 aliphatic heterocycles. The molecule has 4 rings (SSSR count). The predicted molar refractivity (Wildman–Crippen MR) is 138 cm³/mol. The van der Waals surface area contributed by atoms with Gasteiger partial charge in [-0.25, -0.2) is 4.79 Å². The van der Waals surface area contributed by atoms with E-state index in [2.05, 4.69) is 0 Å². The number of hydrogen-bond acceptors (Lipinski definition) is 5. The Kier molecular flexibility index (Phi) is 7.33. The molecule has 2 aromatic carbocycles. The summed E-state index contributed by atoms with van der Waals surface area (Å²) in [5.74, 6) is 0. The number of amides is 1. The number of ether oxygens (including phenoxy) is 1. The minimum atomic E-state index is -1.00. The first-order chi connectivity index (χ1) is 17.1. The maximum Gasteiger partial charge on any atom is 0.411 e. The van der Waals surface area contributed by atoms with Crippen molar-refractivity contribution in [2.75, 3.05) is 13.2 Å². The van der Waals surface area contributed by atoms with Crippen molar-refractivity contribution in [2.45, 2.75) is 57.4 Å². The van der Waals surface area contributed by atoms with Crippen molar-refractivity contribution in [1.29, 1.82) is 0 Å². The zero-order valence-corrected chi connectivity index (χ0v) is 21.1. The van der Waals surface area contributed by atoms with Crippen molar-refractivity contribution in [3.8, 4) is 11.1 Å². The fourth-order valence-corrected chi connectivity index (χ4v) is 5.01. The fourth-order valence-electron chi connectivity index (χ4n) is 5.01. The standard InChI is InChI=1S/C29H34N2O5/c1-21(22-9-11-23(12-10-22)24-13-15-30(17-18-32)26(33)19-24)31-16-14-29(36-27(31)34,20-28(2,3)35)25-7-5-4-6-8-25/h4-13,15,19,21,32,35H,14,16-18,20H2,1-3H3/t21?,29-/m0/s1. The topological polar surface area (TPSA) is 92.0 Å². The third kappa shape index (κ3) is 5.53. The molecule has 1 aromatic heterocycles. The highest BCUT2D eigenvalue weighted by atomic mass is 16.6. The number of cyclic esters (lactones) is 1. The average molecular weight is 491 g/mol. The number of aromatic nitrogens is 1. The van der Waals surface area contributed by atoms with Crippen LogP contribution in [0.3, 0.4) is 0 Å². The summed E-state index contributed by atoms with van der Waals surface area (Å²) in [7, 11) is 0. The van der Waals surface area contributed by atoms with Crippen molar-refractivity contribution in [3.05, 3.63) is 94.4 Å². The van der Waals surface area contributed by atoms with Crippen LogP contribution in [0.5, 0.6) is 0 Å². The van der Waals surface area contributed by atoms with Crippen LogP contribution >= 0.6 is 0 Å². The SMILES string of the molecule is CC(c1ccc(-c2ccn(CCO)c(=O)c2)cc1)N1CC[C@](CC(C)(C)O)(c2ccccc2)OC1=O. The highest BCUT2D eigenvalue weighted by Crippen LogP contribution is 2.42. The Morgan fingerprint density at radius 2 is 1.72 bits per heavy atom. The van der Waals surface area contributed by atoms with Crippen LogP contribution in [-0.2, 0) is 16.9 Å². The Morgan fingerprint density at radius 3 is 2.31 bits per heavy atom. The first-order valence-corrected chi connectivity index (χ1v) is 12.3.